The minimum atomic E-state index is -1.83. The summed E-state index contributed by atoms with van der Waals surface area (Å²) in [5.41, 5.74) is 4.61. The van der Waals surface area contributed by atoms with Crippen LogP contribution in [0.2, 0.25) is 20.1 Å². The predicted octanol–water partition coefficient (Wildman–Crippen LogP) is 10.4. The van der Waals surface area contributed by atoms with Crippen molar-refractivity contribution in [3.8, 4) is 0 Å². The highest BCUT2D eigenvalue weighted by Crippen LogP contribution is 2.70. The summed E-state index contributed by atoms with van der Waals surface area (Å²) in [4.78, 5) is 0. The smallest absolute Gasteiger partial charge is 0.0839 e. The van der Waals surface area contributed by atoms with Crippen LogP contribution in [0.25, 0.3) is 0 Å². The monoisotopic (exact) mass is 531 g/mol. The van der Waals surface area contributed by atoms with Gasteiger partial charge < -0.3 is 0 Å². The third-order valence-corrected chi connectivity index (χ3v) is 11.4. The summed E-state index contributed by atoms with van der Waals surface area (Å²) in [5.74, 6) is 0. The van der Waals surface area contributed by atoms with Gasteiger partial charge in [-0.25, -0.2) is 0 Å². The summed E-state index contributed by atoms with van der Waals surface area (Å²) >= 11 is 26.7. The van der Waals surface area contributed by atoms with E-state index >= 15 is 0 Å². The van der Waals surface area contributed by atoms with E-state index in [4.69, 9.17) is 46.4 Å². The zero-order chi connectivity index (χ0) is 23.3. The van der Waals surface area contributed by atoms with Crippen LogP contribution >= 0.6 is 53.7 Å². The highest BCUT2D eigenvalue weighted by atomic mass is 35.5. The second-order valence-electron chi connectivity index (χ2n) is 8.34. The van der Waals surface area contributed by atoms with E-state index in [2.05, 4.69) is 48.5 Å². The van der Waals surface area contributed by atoms with Crippen molar-refractivity contribution >= 4 is 53.7 Å². The van der Waals surface area contributed by atoms with Crippen molar-refractivity contribution in [1.82, 2.24) is 0 Å². The molecule has 0 atom stereocenters. The Bertz CT molecular complexity index is 1040. The Morgan fingerprint density at radius 2 is 0.576 bits per heavy atom. The molecule has 0 radical (unpaired) electrons. The molecule has 4 aromatic rings. The highest BCUT2D eigenvalue weighted by Gasteiger charge is 2.40. The lowest BCUT2D eigenvalue weighted by Crippen LogP contribution is -2.09. The minimum absolute atomic E-state index is 0.791. The van der Waals surface area contributed by atoms with Crippen LogP contribution in [-0.4, -0.2) is 0 Å². The molecule has 0 aliphatic heterocycles. The van der Waals surface area contributed by atoms with Crippen molar-refractivity contribution in [3.63, 3.8) is 0 Å². The van der Waals surface area contributed by atoms with Crippen molar-refractivity contribution in [2.24, 2.45) is 0 Å². The molecule has 0 bridgehead atoms. The molecule has 33 heavy (non-hydrogen) atoms. The molecule has 0 saturated carbocycles. The minimum Gasteiger partial charge on any atom is -0.0839 e. The second-order valence-corrected chi connectivity index (χ2v) is 13.9. The van der Waals surface area contributed by atoms with Gasteiger partial charge >= 0.3 is 0 Å². The third kappa shape index (κ3) is 6.33. The Morgan fingerprint density at radius 3 is 0.788 bits per heavy atom. The molecule has 4 aromatic carbocycles. The van der Waals surface area contributed by atoms with Crippen molar-refractivity contribution in [1.29, 1.82) is 0 Å². The van der Waals surface area contributed by atoms with E-state index < -0.39 is 7.26 Å². The number of hydrogen-bond donors (Lipinski definition) is 0. The largest absolute Gasteiger partial charge is 0.0867 e. The summed E-state index contributed by atoms with van der Waals surface area (Å²) in [7, 11) is -1.83. The Morgan fingerprint density at radius 1 is 0.364 bits per heavy atom. The quantitative estimate of drug-likeness (QED) is 0.198. The van der Waals surface area contributed by atoms with E-state index in [1.165, 1.54) is 0 Å². The number of hydrogen-bond acceptors (Lipinski definition) is 0. The topological polar surface area (TPSA) is 0 Å². The Labute approximate surface area is 216 Å². The Kier molecular flexibility index (Phi) is 8.39. The third-order valence-electron chi connectivity index (χ3n) is 5.85. The van der Waals surface area contributed by atoms with Gasteiger partial charge in [-0.1, -0.05) is 119 Å². The van der Waals surface area contributed by atoms with Gasteiger partial charge in [0, 0.05) is 49.6 Å². The van der Waals surface area contributed by atoms with Gasteiger partial charge in [-0.2, -0.15) is 0 Å². The van der Waals surface area contributed by atoms with Gasteiger partial charge in [-0.15, -0.1) is 0 Å². The standard InChI is InChI=1S/C28H24Cl4P/c29-25-13-5-1-9-21(25)17-33(18-22-10-2-6-14-26(22)30,19-23-11-3-7-15-27(23)31)20-24-12-4-8-16-28(24)32/h1-16H,17-20H2/q+1. The molecule has 0 unspecified atom stereocenters. The first-order valence-corrected chi connectivity index (χ1v) is 14.8. The van der Waals surface area contributed by atoms with Crippen LogP contribution in [0.3, 0.4) is 0 Å². The lowest BCUT2D eigenvalue weighted by molar-refractivity contribution is 1.17. The number of rotatable bonds is 8. The summed E-state index contributed by atoms with van der Waals surface area (Å²) in [5, 5.41) is 3.16. The highest BCUT2D eigenvalue weighted by molar-refractivity contribution is 7.73. The summed E-state index contributed by atoms with van der Waals surface area (Å²) in [6, 6.07) is 32.5. The van der Waals surface area contributed by atoms with Gasteiger partial charge in [0.1, 0.15) is 0 Å². The predicted molar refractivity (Wildman–Crippen MR) is 148 cm³/mol. The van der Waals surface area contributed by atoms with Gasteiger partial charge in [-0.3, -0.25) is 0 Å². The summed E-state index contributed by atoms with van der Waals surface area (Å²) in [6.45, 7) is 0. The van der Waals surface area contributed by atoms with Gasteiger partial charge in [0.05, 0.1) is 24.6 Å². The number of halogens is 4. The maximum atomic E-state index is 6.67. The molecule has 4 rings (SSSR count). The fraction of sp³-hybridized carbons (Fsp3) is 0.143. The average Bonchev–Trinajstić information content (AvgIpc) is 2.80. The van der Waals surface area contributed by atoms with Gasteiger partial charge in [-0.05, 0) is 24.3 Å². The van der Waals surface area contributed by atoms with Crippen LogP contribution in [0.4, 0.5) is 0 Å². The lowest BCUT2D eigenvalue weighted by atomic mass is 10.2. The normalized spacial score (nSPS) is 11.5. The van der Waals surface area contributed by atoms with E-state index in [0.29, 0.717) is 0 Å². The fourth-order valence-electron chi connectivity index (χ4n) is 4.29. The van der Waals surface area contributed by atoms with Crippen LogP contribution < -0.4 is 0 Å². The molecule has 0 aromatic heterocycles. The molecule has 0 aliphatic carbocycles. The van der Waals surface area contributed by atoms with E-state index in [1.807, 2.05) is 48.5 Å². The molecular weight excluding hydrogens is 509 g/mol. The molecule has 0 nitrogen and oxygen atoms in total. The van der Waals surface area contributed by atoms with Gasteiger partial charge in [0.15, 0.2) is 0 Å². The molecule has 0 N–H and O–H groups in total. The van der Waals surface area contributed by atoms with Gasteiger partial charge in [0.25, 0.3) is 0 Å². The molecule has 5 heteroatoms. The summed E-state index contributed by atoms with van der Waals surface area (Å²) in [6.07, 6.45) is 3.48. The maximum Gasteiger partial charge on any atom is 0.0867 e. The van der Waals surface area contributed by atoms with Crippen molar-refractivity contribution < 1.29 is 0 Å². The molecular formula is C28H24Cl4P+. The van der Waals surface area contributed by atoms with Gasteiger partial charge in [0.2, 0.25) is 0 Å². The molecule has 0 aliphatic rings. The molecule has 0 fully saturated rings. The van der Waals surface area contributed by atoms with Crippen LogP contribution in [0.5, 0.6) is 0 Å². The van der Waals surface area contributed by atoms with E-state index in [0.717, 1.165) is 67.0 Å². The zero-order valence-electron chi connectivity index (χ0n) is 18.0. The van der Waals surface area contributed by atoms with Crippen LogP contribution in [0.15, 0.2) is 97.1 Å². The van der Waals surface area contributed by atoms with Crippen molar-refractivity contribution in [2.45, 2.75) is 24.6 Å². The molecule has 0 spiro atoms. The maximum absolute atomic E-state index is 6.67. The van der Waals surface area contributed by atoms with Crippen molar-refractivity contribution in [3.05, 3.63) is 139 Å². The Balaban J connectivity index is 1.86. The first-order valence-electron chi connectivity index (χ1n) is 10.7. The first-order chi connectivity index (χ1) is 16.0. The molecule has 168 valence electrons. The molecule has 0 saturated heterocycles. The van der Waals surface area contributed by atoms with Crippen LogP contribution in [0, 0.1) is 0 Å². The summed E-state index contributed by atoms with van der Waals surface area (Å²) < 4.78 is 0. The van der Waals surface area contributed by atoms with E-state index in [-0.39, 0.29) is 0 Å². The fourth-order valence-corrected chi connectivity index (χ4v) is 10.1. The van der Waals surface area contributed by atoms with E-state index in [9.17, 15) is 0 Å². The average molecular weight is 533 g/mol. The van der Waals surface area contributed by atoms with Crippen LogP contribution in [0.1, 0.15) is 22.3 Å². The Hall–Kier alpha value is -1.53. The SMILES string of the molecule is Clc1ccccc1C[P+](Cc1ccccc1Cl)(Cc1ccccc1Cl)Cc1ccccc1Cl. The molecule has 0 amide bonds. The van der Waals surface area contributed by atoms with Crippen molar-refractivity contribution in [2.75, 3.05) is 0 Å². The van der Waals surface area contributed by atoms with Crippen LogP contribution in [-0.2, 0) is 24.6 Å². The van der Waals surface area contributed by atoms with E-state index in [1.54, 1.807) is 0 Å². The second kappa shape index (κ2) is 11.3. The molecule has 0 heterocycles. The zero-order valence-corrected chi connectivity index (χ0v) is 21.9. The number of benzene rings is 4. The first kappa shape index (κ1) is 24.6. The lowest BCUT2D eigenvalue weighted by Gasteiger charge is -2.30.